The molecule has 0 aromatic heterocycles. The van der Waals surface area contributed by atoms with Gasteiger partial charge in [-0.3, -0.25) is 14.4 Å². The van der Waals surface area contributed by atoms with Gasteiger partial charge in [0.1, 0.15) is 5.25 Å². The summed E-state index contributed by atoms with van der Waals surface area (Å²) in [6.07, 6.45) is 0. The van der Waals surface area contributed by atoms with Gasteiger partial charge in [-0.2, -0.15) is 0 Å². The van der Waals surface area contributed by atoms with Crippen molar-refractivity contribution in [3.05, 3.63) is 59.2 Å². The summed E-state index contributed by atoms with van der Waals surface area (Å²) in [7, 11) is 0. The largest absolute Gasteiger partial charge is 0.478 e. The van der Waals surface area contributed by atoms with Gasteiger partial charge in [-0.05, 0) is 30.3 Å². The number of nitrogens with two attached hydrogens (primary N) is 1. The van der Waals surface area contributed by atoms with Crippen LogP contribution in [0.1, 0.15) is 51.8 Å². The number of thioether (sulfide) groups is 1. The highest BCUT2D eigenvalue weighted by Crippen LogP contribution is 2.33. The molecule has 168 valence electrons. The molecule has 0 saturated carbocycles. The van der Waals surface area contributed by atoms with Crippen molar-refractivity contribution in [1.29, 1.82) is 0 Å². The van der Waals surface area contributed by atoms with Crippen molar-refractivity contribution < 1.29 is 34.2 Å². The minimum atomic E-state index is -1.38. The number of aromatic carboxylic acids is 2. The zero-order valence-corrected chi connectivity index (χ0v) is 18.4. The lowest BCUT2D eigenvalue weighted by molar-refractivity contribution is -0.129. The fourth-order valence-electron chi connectivity index (χ4n) is 2.67. The lowest BCUT2D eigenvalue weighted by atomic mass is 9.88. The molecule has 9 nitrogen and oxygen atoms in total. The van der Waals surface area contributed by atoms with Crippen LogP contribution < -0.4 is 11.1 Å². The van der Waals surface area contributed by atoms with Crippen molar-refractivity contribution in [3.63, 3.8) is 0 Å². The van der Waals surface area contributed by atoms with Crippen LogP contribution in [-0.2, 0) is 9.59 Å². The average Bonchev–Trinajstić information content (AvgIpc) is 2.70. The first-order chi connectivity index (χ1) is 14.8. The molecule has 0 aliphatic carbocycles. The second-order valence-corrected chi connectivity index (χ2v) is 9.02. The Hall–Kier alpha value is -3.66. The first kappa shape index (κ1) is 24.6. The molecule has 0 spiro atoms. The number of carboxylic acid groups (broad SMARTS) is 2. The van der Waals surface area contributed by atoms with Gasteiger partial charge in [-0.25, -0.2) is 9.59 Å². The SMILES string of the molecule is CC(C)(C)C(=O)C(Sc1ccccc1C(N)=O)C(=O)Nc1cc(C(=O)O)cc(C(=O)O)c1. The van der Waals surface area contributed by atoms with E-state index in [9.17, 15) is 34.2 Å². The van der Waals surface area contributed by atoms with Gasteiger partial charge in [0.25, 0.3) is 0 Å². The van der Waals surface area contributed by atoms with E-state index in [1.54, 1.807) is 39.0 Å². The van der Waals surface area contributed by atoms with Crippen molar-refractivity contribution in [1.82, 2.24) is 0 Å². The van der Waals surface area contributed by atoms with Crippen LogP contribution in [0.5, 0.6) is 0 Å². The maximum Gasteiger partial charge on any atom is 0.335 e. The Morgan fingerprint density at radius 3 is 1.94 bits per heavy atom. The molecule has 0 heterocycles. The molecule has 0 aliphatic heterocycles. The topological polar surface area (TPSA) is 164 Å². The average molecular weight is 458 g/mol. The zero-order chi connectivity index (χ0) is 24.2. The summed E-state index contributed by atoms with van der Waals surface area (Å²) in [4.78, 5) is 60.8. The minimum Gasteiger partial charge on any atom is -0.478 e. The zero-order valence-electron chi connectivity index (χ0n) is 17.5. The van der Waals surface area contributed by atoms with Crippen molar-refractivity contribution >= 4 is 47.0 Å². The predicted molar refractivity (Wildman–Crippen MR) is 118 cm³/mol. The normalized spacial score (nSPS) is 12.0. The van der Waals surface area contributed by atoms with E-state index in [-0.39, 0.29) is 22.4 Å². The third-order valence-corrected chi connectivity index (χ3v) is 5.58. The number of carboxylic acids is 2. The quantitative estimate of drug-likeness (QED) is 0.346. The molecule has 2 aromatic carbocycles. The lowest BCUT2D eigenvalue weighted by Crippen LogP contribution is -2.39. The molecular weight excluding hydrogens is 436 g/mol. The molecule has 10 heteroatoms. The van der Waals surface area contributed by atoms with Crippen molar-refractivity contribution in [2.75, 3.05) is 5.32 Å². The van der Waals surface area contributed by atoms with E-state index in [0.717, 1.165) is 30.0 Å². The van der Waals surface area contributed by atoms with E-state index in [0.29, 0.717) is 4.90 Å². The Balaban J connectivity index is 2.47. The Bertz CT molecular complexity index is 1070. The fourth-order valence-corrected chi connectivity index (χ4v) is 4.01. The highest BCUT2D eigenvalue weighted by Gasteiger charge is 2.36. The first-order valence-corrected chi connectivity index (χ1v) is 10.2. The van der Waals surface area contributed by atoms with Crippen LogP contribution in [0.25, 0.3) is 0 Å². The summed E-state index contributed by atoms with van der Waals surface area (Å²) in [5.74, 6) is -4.73. The minimum absolute atomic E-state index is 0.0946. The number of Topliss-reactive ketones (excluding diaryl/α,β-unsaturated/α-hetero) is 1. The van der Waals surface area contributed by atoms with Gasteiger partial charge < -0.3 is 21.3 Å². The van der Waals surface area contributed by atoms with Crippen LogP contribution in [0.15, 0.2) is 47.4 Å². The number of carbonyl (C=O) groups excluding carboxylic acids is 3. The Kier molecular flexibility index (Phi) is 7.42. The summed E-state index contributed by atoms with van der Waals surface area (Å²) in [6.45, 7) is 4.89. The van der Waals surface area contributed by atoms with E-state index in [2.05, 4.69) is 5.32 Å². The monoisotopic (exact) mass is 458 g/mol. The second-order valence-electron chi connectivity index (χ2n) is 7.87. The molecule has 1 unspecified atom stereocenters. The fraction of sp³-hybridized carbons (Fsp3) is 0.227. The van der Waals surface area contributed by atoms with Crippen molar-refractivity contribution in [3.8, 4) is 0 Å². The number of rotatable bonds is 8. The van der Waals surface area contributed by atoms with Gasteiger partial charge in [-0.1, -0.05) is 32.9 Å². The number of anilines is 1. The number of amides is 2. The Morgan fingerprint density at radius 1 is 0.938 bits per heavy atom. The number of primary amides is 1. The third-order valence-electron chi connectivity index (χ3n) is 4.31. The molecule has 1 atom stereocenters. The molecule has 0 bridgehead atoms. The van der Waals surface area contributed by atoms with Crippen LogP contribution in [0, 0.1) is 5.41 Å². The number of benzene rings is 2. The van der Waals surface area contributed by atoms with Gasteiger partial charge in [0.15, 0.2) is 5.78 Å². The van der Waals surface area contributed by atoms with Gasteiger partial charge in [0.05, 0.1) is 16.7 Å². The van der Waals surface area contributed by atoms with Crippen molar-refractivity contribution in [2.45, 2.75) is 30.9 Å². The number of carbonyl (C=O) groups is 5. The number of hydrogen-bond donors (Lipinski definition) is 4. The summed E-state index contributed by atoms with van der Waals surface area (Å²) in [6, 6.07) is 9.37. The van der Waals surface area contributed by atoms with E-state index in [1.165, 1.54) is 6.07 Å². The third kappa shape index (κ3) is 5.94. The molecule has 0 radical (unpaired) electrons. The Morgan fingerprint density at radius 2 is 1.47 bits per heavy atom. The summed E-state index contributed by atoms with van der Waals surface area (Å²) < 4.78 is 0. The van der Waals surface area contributed by atoms with E-state index < -0.39 is 40.2 Å². The van der Waals surface area contributed by atoms with Crippen molar-refractivity contribution in [2.24, 2.45) is 11.1 Å². The summed E-state index contributed by atoms with van der Waals surface area (Å²) >= 11 is 0.832. The van der Waals surface area contributed by atoms with Gasteiger partial charge in [0, 0.05) is 16.0 Å². The van der Waals surface area contributed by atoms with E-state index in [4.69, 9.17) is 5.73 Å². The van der Waals surface area contributed by atoms with Gasteiger partial charge in [0.2, 0.25) is 11.8 Å². The first-order valence-electron chi connectivity index (χ1n) is 9.33. The maximum atomic E-state index is 13.1. The van der Waals surface area contributed by atoms with Gasteiger partial charge in [-0.15, -0.1) is 11.8 Å². The van der Waals surface area contributed by atoms with E-state index >= 15 is 0 Å². The standard InChI is InChI=1S/C22H22N2O7S/c1-22(2,3)17(25)16(32-15-7-5-4-6-14(15)18(23)26)19(27)24-13-9-11(20(28)29)8-12(10-13)21(30)31/h4-10,16H,1-3H3,(H2,23,26)(H,24,27)(H,28,29)(H,30,31). The molecule has 5 N–H and O–H groups in total. The van der Waals surface area contributed by atoms with Crippen LogP contribution in [-0.4, -0.2) is 45.0 Å². The molecule has 2 rings (SSSR count). The molecular formula is C22H22N2O7S. The maximum absolute atomic E-state index is 13.1. The lowest BCUT2D eigenvalue weighted by Gasteiger charge is -2.24. The number of hydrogen-bond acceptors (Lipinski definition) is 6. The molecule has 32 heavy (non-hydrogen) atoms. The number of ketones is 1. The highest BCUT2D eigenvalue weighted by atomic mass is 32.2. The summed E-state index contributed by atoms with van der Waals surface area (Å²) in [5.41, 5.74) is 3.83. The molecule has 0 aliphatic rings. The molecule has 2 amide bonds. The van der Waals surface area contributed by atoms with Crippen LogP contribution in [0.4, 0.5) is 5.69 Å². The predicted octanol–water partition coefficient (Wildman–Crippen LogP) is 2.90. The molecule has 2 aromatic rings. The Labute approximate surface area is 188 Å². The van der Waals surface area contributed by atoms with Crippen LogP contribution in [0.3, 0.4) is 0 Å². The molecule has 0 saturated heterocycles. The van der Waals surface area contributed by atoms with Crippen LogP contribution in [0.2, 0.25) is 0 Å². The highest BCUT2D eigenvalue weighted by molar-refractivity contribution is 8.01. The number of nitrogens with one attached hydrogen (secondary N) is 1. The van der Waals surface area contributed by atoms with Crippen LogP contribution >= 0.6 is 11.8 Å². The second kappa shape index (κ2) is 9.65. The summed E-state index contributed by atoms with van der Waals surface area (Å²) in [5, 5.41) is 19.6. The smallest absolute Gasteiger partial charge is 0.335 e. The molecule has 0 fully saturated rings. The van der Waals surface area contributed by atoms with Gasteiger partial charge >= 0.3 is 11.9 Å². The van der Waals surface area contributed by atoms with E-state index in [1.807, 2.05) is 0 Å².